The van der Waals surface area contributed by atoms with E-state index in [1.807, 2.05) is 19.1 Å². The molecule has 0 bridgehead atoms. The predicted molar refractivity (Wildman–Crippen MR) is 84.2 cm³/mol. The number of nitrogens with one attached hydrogen (secondary N) is 1. The lowest BCUT2D eigenvalue weighted by molar-refractivity contribution is -0.137. The van der Waals surface area contributed by atoms with Crippen molar-refractivity contribution in [2.45, 2.75) is 38.1 Å². The number of fused-ring (bicyclic) bond motifs is 3. The summed E-state index contributed by atoms with van der Waals surface area (Å²) in [6.07, 6.45) is 1.04. The third-order valence-corrected chi connectivity index (χ3v) is 4.57. The quantitative estimate of drug-likeness (QED) is 0.765. The number of halogens is 3. The second-order valence-corrected chi connectivity index (χ2v) is 6.09. The van der Waals surface area contributed by atoms with Crippen LogP contribution in [0.2, 0.25) is 0 Å². The van der Waals surface area contributed by atoms with Crippen LogP contribution in [0.4, 0.5) is 18.9 Å². The van der Waals surface area contributed by atoms with Crippen molar-refractivity contribution in [3.05, 3.63) is 53.6 Å². The van der Waals surface area contributed by atoms with Crippen LogP contribution in [0.25, 0.3) is 0 Å². The van der Waals surface area contributed by atoms with Crippen LogP contribution in [0.3, 0.4) is 0 Å². The van der Waals surface area contributed by atoms with Crippen molar-refractivity contribution < 1.29 is 17.9 Å². The van der Waals surface area contributed by atoms with E-state index >= 15 is 0 Å². The van der Waals surface area contributed by atoms with Crippen LogP contribution < -0.4 is 5.32 Å². The Kier molecular flexibility index (Phi) is 4.23. The monoisotopic (exact) mass is 323 g/mol. The van der Waals surface area contributed by atoms with Gasteiger partial charge in [0.05, 0.1) is 17.7 Å². The smallest absolute Gasteiger partial charge is 0.378 e. The first-order valence-corrected chi connectivity index (χ1v) is 7.82. The molecule has 0 spiro atoms. The molecule has 3 atom stereocenters. The number of ether oxygens (including phenoxy) is 1. The van der Waals surface area contributed by atoms with Crippen LogP contribution >= 0.6 is 0 Å². The molecule has 3 rings (SSSR count). The van der Waals surface area contributed by atoms with E-state index < -0.39 is 11.7 Å². The molecule has 1 aromatic carbocycles. The van der Waals surface area contributed by atoms with Gasteiger partial charge in [0.2, 0.25) is 0 Å². The lowest BCUT2D eigenvalue weighted by Crippen LogP contribution is -2.42. The third-order valence-electron chi connectivity index (χ3n) is 4.57. The lowest BCUT2D eigenvalue weighted by Gasteiger charge is -2.43. The zero-order chi connectivity index (χ0) is 16.6. The Morgan fingerprint density at radius 1 is 1.39 bits per heavy atom. The topological polar surface area (TPSA) is 21.3 Å². The molecule has 1 saturated heterocycles. The van der Waals surface area contributed by atoms with Crippen LogP contribution in [-0.4, -0.2) is 12.6 Å². The summed E-state index contributed by atoms with van der Waals surface area (Å²) in [4.78, 5) is 0. The molecular weight excluding hydrogens is 303 g/mol. The summed E-state index contributed by atoms with van der Waals surface area (Å²) < 4.78 is 44.9. The summed E-state index contributed by atoms with van der Waals surface area (Å²) in [5.74, 6) is 0.100. The van der Waals surface area contributed by atoms with Gasteiger partial charge in [-0.1, -0.05) is 18.7 Å². The maximum Gasteiger partial charge on any atom is 0.416 e. The Balaban J connectivity index is 2.02. The highest BCUT2D eigenvalue weighted by molar-refractivity contribution is 5.59. The molecule has 0 aromatic heterocycles. The van der Waals surface area contributed by atoms with E-state index in [1.165, 1.54) is 12.1 Å². The van der Waals surface area contributed by atoms with Crippen LogP contribution in [0.1, 0.15) is 37.0 Å². The first-order chi connectivity index (χ1) is 10.9. The van der Waals surface area contributed by atoms with E-state index in [-0.39, 0.29) is 18.1 Å². The summed E-state index contributed by atoms with van der Waals surface area (Å²) in [5.41, 5.74) is 1.61. The fourth-order valence-corrected chi connectivity index (χ4v) is 3.53. The maximum atomic E-state index is 13.0. The molecule has 124 valence electrons. The molecule has 0 radical (unpaired) electrons. The lowest BCUT2D eigenvalue weighted by atomic mass is 9.77. The van der Waals surface area contributed by atoms with Gasteiger partial charge < -0.3 is 10.1 Å². The average Bonchev–Trinajstić information content (AvgIpc) is 2.53. The minimum atomic E-state index is -4.34. The molecule has 0 amide bonds. The summed E-state index contributed by atoms with van der Waals surface area (Å²) in [7, 11) is 0. The van der Waals surface area contributed by atoms with Gasteiger partial charge in [-0.2, -0.15) is 13.2 Å². The zero-order valence-corrected chi connectivity index (χ0v) is 13.0. The van der Waals surface area contributed by atoms with Crippen molar-refractivity contribution in [1.29, 1.82) is 0 Å². The van der Waals surface area contributed by atoms with E-state index in [4.69, 9.17) is 4.74 Å². The van der Waals surface area contributed by atoms with Crippen LogP contribution in [0, 0.1) is 5.92 Å². The summed E-state index contributed by atoms with van der Waals surface area (Å²) in [6.45, 7) is 6.61. The number of benzene rings is 1. The Morgan fingerprint density at radius 3 is 2.87 bits per heavy atom. The SMILES string of the molecule is C=C(C=CC)[C@@H]1Nc2ccc(C(F)(F)F)cc2[C@H]2OCCC[C@H]21. The fraction of sp³-hybridized carbons (Fsp3) is 0.444. The minimum absolute atomic E-state index is 0.0132. The molecule has 2 heterocycles. The molecule has 0 aliphatic carbocycles. The van der Waals surface area contributed by atoms with Crippen LogP contribution in [0.5, 0.6) is 0 Å². The first kappa shape index (κ1) is 16.1. The van der Waals surface area contributed by atoms with Crippen molar-refractivity contribution in [2.75, 3.05) is 11.9 Å². The van der Waals surface area contributed by atoms with Gasteiger partial charge in [0.25, 0.3) is 0 Å². The average molecular weight is 323 g/mol. The summed E-state index contributed by atoms with van der Waals surface area (Å²) in [5, 5.41) is 3.36. The van der Waals surface area contributed by atoms with E-state index in [9.17, 15) is 13.2 Å². The van der Waals surface area contributed by atoms with Gasteiger partial charge in [0.1, 0.15) is 0 Å². The normalized spacial score (nSPS) is 27.2. The minimum Gasteiger partial charge on any atom is -0.378 e. The number of hydrogen-bond acceptors (Lipinski definition) is 2. The van der Waals surface area contributed by atoms with Gasteiger partial charge >= 0.3 is 6.18 Å². The molecule has 2 aliphatic heterocycles. The zero-order valence-electron chi connectivity index (χ0n) is 13.0. The van der Waals surface area contributed by atoms with Gasteiger partial charge in [-0.25, -0.2) is 0 Å². The molecule has 1 N–H and O–H groups in total. The third kappa shape index (κ3) is 3.02. The van der Waals surface area contributed by atoms with Gasteiger partial charge in [0.15, 0.2) is 0 Å². The number of alkyl halides is 3. The molecule has 0 unspecified atom stereocenters. The standard InChI is InChI=1S/C18H20F3NO/c1-3-5-11(2)16-13-6-4-9-23-17(13)14-10-12(18(19,20)21)7-8-15(14)22-16/h3,5,7-8,10,13,16-17,22H,2,4,6,9H2,1H3/t13-,16-,17-/m0/s1. The van der Waals surface area contributed by atoms with Crippen molar-refractivity contribution in [3.63, 3.8) is 0 Å². The Hall–Kier alpha value is -1.75. The van der Waals surface area contributed by atoms with E-state index in [0.29, 0.717) is 17.9 Å². The molecule has 23 heavy (non-hydrogen) atoms. The molecule has 5 heteroatoms. The number of allylic oxidation sites excluding steroid dienone is 1. The van der Waals surface area contributed by atoms with Crippen molar-refractivity contribution in [1.82, 2.24) is 0 Å². The summed E-state index contributed by atoms with van der Waals surface area (Å²) in [6, 6.07) is 3.83. The van der Waals surface area contributed by atoms with Crippen LogP contribution in [0.15, 0.2) is 42.5 Å². The van der Waals surface area contributed by atoms with Gasteiger partial charge in [-0.3, -0.25) is 0 Å². The van der Waals surface area contributed by atoms with E-state index in [1.54, 1.807) is 0 Å². The van der Waals surface area contributed by atoms with Gasteiger partial charge in [-0.15, -0.1) is 0 Å². The predicted octanol–water partition coefficient (Wildman–Crippen LogP) is 5.10. The Labute approximate surface area is 134 Å². The Morgan fingerprint density at radius 2 is 2.17 bits per heavy atom. The largest absolute Gasteiger partial charge is 0.416 e. The van der Waals surface area contributed by atoms with Gasteiger partial charge in [-0.05, 0) is 43.5 Å². The second kappa shape index (κ2) is 6.04. The Bertz CT molecular complexity index is 636. The molecule has 1 aromatic rings. The van der Waals surface area contributed by atoms with E-state index in [0.717, 1.165) is 24.5 Å². The molecular formula is C18H20F3NO. The molecule has 2 nitrogen and oxygen atoms in total. The number of rotatable bonds is 2. The van der Waals surface area contributed by atoms with Gasteiger partial charge in [0, 0.05) is 23.8 Å². The summed E-state index contributed by atoms with van der Waals surface area (Å²) >= 11 is 0. The number of hydrogen-bond donors (Lipinski definition) is 1. The molecule has 0 saturated carbocycles. The first-order valence-electron chi connectivity index (χ1n) is 7.82. The van der Waals surface area contributed by atoms with Crippen LogP contribution in [-0.2, 0) is 10.9 Å². The molecule has 1 fully saturated rings. The highest BCUT2D eigenvalue weighted by atomic mass is 19.4. The molecule has 2 aliphatic rings. The van der Waals surface area contributed by atoms with E-state index in [2.05, 4.69) is 11.9 Å². The maximum absolute atomic E-state index is 13.0. The van der Waals surface area contributed by atoms with Crippen molar-refractivity contribution in [3.8, 4) is 0 Å². The second-order valence-electron chi connectivity index (χ2n) is 6.09. The fourth-order valence-electron chi connectivity index (χ4n) is 3.53. The van der Waals surface area contributed by atoms with Crippen molar-refractivity contribution in [2.24, 2.45) is 5.92 Å². The highest BCUT2D eigenvalue weighted by Gasteiger charge is 2.41. The highest BCUT2D eigenvalue weighted by Crippen LogP contribution is 2.46. The number of anilines is 1. The van der Waals surface area contributed by atoms with Crippen molar-refractivity contribution >= 4 is 5.69 Å².